The number of hydrogen-bond donors (Lipinski definition) is 3. The van der Waals surface area contributed by atoms with Crippen molar-refractivity contribution in [2.75, 3.05) is 25.5 Å². The van der Waals surface area contributed by atoms with Gasteiger partial charge in [0.05, 0.1) is 7.11 Å². The van der Waals surface area contributed by atoms with E-state index in [1.54, 1.807) is 19.1 Å². The summed E-state index contributed by atoms with van der Waals surface area (Å²) in [7, 11) is 1.15. The van der Waals surface area contributed by atoms with E-state index in [0.29, 0.717) is 18.2 Å². The number of aryl methyl sites for hydroxylation is 1. The van der Waals surface area contributed by atoms with Crippen LogP contribution in [0.2, 0.25) is 0 Å². The Labute approximate surface area is 197 Å². The Kier molecular flexibility index (Phi) is 10.8. The molecule has 182 valence electrons. The standard InChI is InChI=1S/C22H31FN4O5S/c1-14(2)24-10-6-5-7-11-25-21(28)26-20-18(32-22(29)30-4)19(27-33-20)31-13-16-9-8-15(3)12-17(16)23/h8-9,12,14,24H,5-7,10-11,13H2,1-4H3,(H2,25,26,28). The second kappa shape index (κ2) is 13.6. The van der Waals surface area contributed by atoms with Gasteiger partial charge in [0.15, 0.2) is 5.00 Å². The molecule has 0 aliphatic rings. The molecule has 0 atom stereocenters. The Morgan fingerprint density at radius 1 is 1.18 bits per heavy atom. The minimum atomic E-state index is -1.000. The molecule has 2 amide bonds. The molecule has 33 heavy (non-hydrogen) atoms. The van der Waals surface area contributed by atoms with E-state index in [1.165, 1.54) is 6.07 Å². The number of unbranched alkanes of at least 4 members (excludes halogenated alkanes) is 2. The molecule has 2 aromatic rings. The van der Waals surface area contributed by atoms with E-state index in [2.05, 4.69) is 38.9 Å². The van der Waals surface area contributed by atoms with Crippen LogP contribution in [0.15, 0.2) is 18.2 Å². The van der Waals surface area contributed by atoms with Crippen molar-refractivity contribution in [1.29, 1.82) is 0 Å². The SMILES string of the molecule is COC(=O)Oc1c(OCc2ccc(C)cc2F)nsc1NC(=O)NCCCCCNC(C)C. The van der Waals surface area contributed by atoms with E-state index in [4.69, 9.17) is 9.47 Å². The molecular formula is C22H31FN4O5S. The number of amides is 2. The van der Waals surface area contributed by atoms with Gasteiger partial charge in [-0.3, -0.25) is 5.32 Å². The molecule has 3 N–H and O–H groups in total. The number of urea groups is 1. The number of methoxy groups -OCH3 is 1. The highest BCUT2D eigenvalue weighted by molar-refractivity contribution is 7.11. The highest BCUT2D eigenvalue weighted by Crippen LogP contribution is 2.39. The molecular weight excluding hydrogens is 451 g/mol. The van der Waals surface area contributed by atoms with Crippen molar-refractivity contribution in [3.63, 3.8) is 0 Å². The van der Waals surface area contributed by atoms with Crippen molar-refractivity contribution < 1.29 is 28.2 Å². The molecule has 0 unspecified atom stereocenters. The van der Waals surface area contributed by atoms with Crippen LogP contribution in [0, 0.1) is 12.7 Å². The van der Waals surface area contributed by atoms with Crippen LogP contribution in [0.25, 0.3) is 0 Å². The molecule has 11 heteroatoms. The number of halogens is 1. The molecule has 9 nitrogen and oxygen atoms in total. The zero-order valence-electron chi connectivity index (χ0n) is 19.3. The van der Waals surface area contributed by atoms with Gasteiger partial charge in [0.25, 0.3) is 5.88 Å². The van der Waals surface area contributed by atoms with Gasteiger partial charge in [-0.25, -0.2) is 14.0 Å². The molecule has 0 radical (unpaired) electrons. The van der Waals surface area contributed by atoms with Crippen LogP contribution in [-0.2, 0) is 11.3 Å². The molecule has 0 aliphatic heterocycles. The summed E-state index contributed by atoms with van der Waals surface area (Å²) in [5, 5.41) is 8.86. The number of hydrogen-bond acceptors (Lipinski definition) is 8. The van der Waals surface area contributed by atoms with Crippen LogP contribution in [0.5, 0.6) is 11.6 Å². The smallest absolute Gasteiger partial charge is 0.469 e. The van der Waals surface area contributed by atoms with Crippen LogP contribution >= 0.6 is 11.5 Å². The van der Waals surface area contributed by atoms with E-state index in [1.807, 2.05) is 0 Å². The van der Waals surface area contributed by atoms with Gasteiger partial charge in [0.2, 0.25) is 5.75 Å². The van der Waals surface area contributed by atoms with Crippen molar-refractivity contribution >= 4 is 28.7 Å². The molecule has 1 aromatic carbocycles. The Morgan fingerprint density at radius 2 is 1.94 bits per heavy atom. The summed E-state index contributed by atoms with van der Waals surface area (Å²) < 4.78 is 33.3. The zero-order chi connectivity index (χ0) is 24.2. The quantitative estimate of drug-likeness (QED) is 0.299. The number of rotatable bonds is 12. The number of carbonyl (C=O) groups excluding carboxylic acids is 2. The number of nitrogens with one attached hydrogen (secondary N) is 3. The molecule has 1 aromatic heterocycles. The summed E-state index contributed by atoms with van der Waals surface area (Å²) >= 11 is 0.870. The fraction of sp³-hybridized carbons (Fsp3) is 0.500. The molecule has 0 bridgehead atoms. The summed E-state index contributed by atoms with van der Waals surface area (Å²) in [5.74, 6) is -0.578. The minimum Gasteiger partial charge on any atom is -0.469 e. The van der Waals surface area contributed by atoms with Gasteiger partial charge in [-0.15, -0.1) is 4.37 Å². The van der Waals surface area contributed by atoms with Gasteiger partial charge in [-0.05, 0) is 49.5 Å². The van der Waals surface area contributed by atoms with Gasteiger partial charge >= 0.3 is 12.2 Å². The Balaban J connectivity index is 1.92. The van der Waals surface area contributed by atoms with Crippen molar-refractivity contribution in [2.45, 2.75) is 52.7 Å². The predicted molar refractivity (Wildman–Crippen MR) is 125 cm³/mol. The Hall–Kier alpha value is -2.92. The maximum Gasteiger partial charge on any atom is 0.513 e. The Bertz CT molecular complexity index is 922. The predicted octanol–water partition coefficient (Wildman–Crippen LogP) is 4.60. The van der Waals surface area contributed by atoms with Gasteiger partial charge in [0, 0.05) is 18.2 Å². The normalized spacial score (nSPS) is 10.7. The maximum atomic E-state index is 14.1. The molecule has 1 heterocycles. The monoisotopic (exact) mass is 482 g/mol. The molecule has 2 rings (SSSR count). The third-order valence-electron chi connectivity index (χ3n) is 4.46. The van der Waals surface area contributed by atoms with Crippen LogP contribution in [-0.4, -0.2) is 42.8 Å². The van der Waals surface area contributed by atoms with Crippen LogP contribution in [0.4, 0.5) is 19.0 Å². The van der Waals surface area contributed by atoms with Crippen molar-refractivity contribution in [3.8, 4) is 11.6 Å². The van der Waals surface area contributed by atoms with Crippen LogP contribution in [0.3, 0.4) is 0 Å². The third-order valence-corrected chi connectivity index (χ3v) is 5.19. The molecule has 0 saturated carbocycles. The fourth-order valence-corrected chi connectivity index (χ4v) is 3.40. The fourth-order valence-electron chi connectivity index (χ4n) is 2.74. The summed E-state index contributed by atoms with van der Waals surface area (Å²) in [4.78, 5) is 23.9. The lowest BCUT2D eigenvalue weighted by molar-refractivity contribution is 0.119. The highest BCUT2D eigenvalue weighted by Gasteiger charge is 2.22. The van der Waals surface area contributed by atoms with Gasteiger partial charge in [-0.1, -0.05) is 32.4 Å². The number of nitrogens with zero attached hydrogens (tertiary/aromatic N) is 1. The number of aromatic nitrogens is 1. The van der Waals surface area contributed by atoms with Gasteiger partial charge in [0.1, 0.15) is 12.4 Å². The maximum absolute atomic E-state index is 14.1. The summed E-state index contributed by atoms with van der Waals surface area (Å²) in [6, 6.07) is 4.74. The average molecular weight is 483 g/mol. The topological polar surface area (TPSA) is 111 Å². The first-order valence-electron chi connectivity index (χ1n) is 10.7. The largest absolute Gasteiger partial charge is 0.513 e. The lowest BCUT2D eigenvalue weighted by Gasteiger charge is -2.10. The van der Waals surface area contributed by atoms with Crippen molar-refractivity contribution in [3.05, 3.63) is 35.1 Å². The average Bonchev–Trinajstić information content (AvgIpc) is 3.13. The van der Waals surface area contributed by atoms with E-state index in [9.17, 15) is 14.0 Å². The van der Waals surface area contributed by atoms with E-state index >= 15 is 0 Å². The lowest BCUT2D eigenvalue weighted by atomic mass is 10.1. The van der Waals surface area contributed by atoms with Gasteiger partial charge in [-0.2, -0.15) is 0 Å². The first-order valence-corrected chi connectivity index (χ1v) is 11.5. The minimum absolute atomic E-state index is 0.0571. The first kappa shape index (κ1) is 26.3. The van der Waals surface area contributed by atoms with E-state index in [-0.39, 0.29) is 23.2 Å². The second-order valence-corrected chi connectivity index (χ2v) is 8.41. The lowest BCUT2D eigenvalue weighted by Crippen LogP contribution is -2.29. The summed E-state index contributed by atoms with van der Waals surface area (Å²) in [5.41, 5.74) is 1.10. The van der Waals surface area contributed by atoms with E-state index in [0.717, 1.165) is 50.0 Å². The van der Waals surface area contributed by atoms with Crippen molar-refractivity contribution in [1.82, 2.24) is 15.0 Å². The summed E-state index contributed by atoms with van der Waals surface area (Å²) in [6.45, 7) is 7.28. The summed E-state index contributed by atoms with van der Waals surface area (Å²) in [6.07, 6.45) is 1.83. The third kappa shape index (κ3) is 9.22. The number of ether oxygens (including phenoxy) is 3. The molecule has 0 fully saturated rings. The first-order chi connectivity index (χ1) is 15.8. The van der Waals surface area contributed by atoms with E-state index < -0.39 is 18.0 Å². The zero-order valence-corrected chi connectivity index (χ0v) is 20.1. The second-order valence-electron chi connectivity index (χ2n) is 7.64. The highest BCUT2D eigenvalue weighted by atomic mass is 32.1. The number of anilines is 1. The Morgan fingerprint density at radius 3 is 2.64 bits per heavy atom. The van der Waals surface area contributed by atoms with Gasteiger partial charge < -0.3 is 24.8 Å². The molecule has 0 saturated heterocycles. The number of benzene rings is 1. The number of carbonyl (C=O) groups is 2. The van der Waals surface area contributed by atoms with Crippen molar-refractivity contribution in [2.24, 2.45) is 0 Å². The molecule has 0 spiro atoms. The van der Waals surface area contributed by atoms with Crippen LogP contribution in [0.1, 0.15) is 44.2 Å². The van der Waals surface area contributed by atoms with Crippen LogP contribution < -0.4 is 25.4 Å². The molecule has 0 aliphatic carbocycles.